The van der Waals surface area contributed by atoms with Gasteiger partial charge in [0.05, 0.1) is 5.69 Å². The minimum Gasteiger partial charge on any atom is -0.339 e. The van der Waals surface area contributed by atoms with Crippen molar-refractivity contribution in [2.24, 2.45) is 0 Å². The second-order valence-electron chi connectivity index (χ2n) is 3.79. The van der Waals surface area contributed by atoms with E-state index in [0.717, 1.165) is 27.2 Å². The van der Waals surface area contributed by atoms with Gasteiger partial charge in [-0.25, -0.2) is 0 Å². The van der Waals surface area contributed by atoms with E-state index in [9.17, 15) is 0 Å². The van der Waals surface area contributed by atoms with Crippen LogP contribution in [-0.4, -0.2) is 10.2 Å². The van der Waals surface area contributed by atoms with Crippen LogP contribution in [0.2, 0.25) is 0 Å². The average Bonchev–Trinajstić information content (AvgIpc) is 2.99. The lowest BCUT2D eigenvalue weighted by atomic mass is 10.2. The number of H-pyrrole nitrogens is 1. The first kappa shape index (κ1) is 11.5. The number of anilines is 2. The normalized spacial score (nSPS) is 10.5. The Morgan fingerprint density at radius 1 is 1.17 bits per heavy atom. The van der Waals surface area contributed by atoms with E-state index in [1.165, 1.54) is 0 Å². The highest BCUT2D eigenvalue weighted by Crippen LogP contribution is 2.31. The molecule has 0 bridgehead atoms. The summed E-state index contributed by atoms with van der Waals surface area (Å²) in [6.07, 6.45) is 0. The highest BCUT2D eigenvalue weighted by Gasteiger charge is 2.07. The summed E-state index contributed by atoms with van der Waals surface area (Å²) < 4.78 is 1.09. The van der Waals surface area contributed by atoms with Crippen molar-refractivity contribution in [2.75, 3.05) is 5.32 Å². The number of nitrogens with zero attached hydrogens (tertiary/aromatic N) is 1. The number of aromatic nitrogens is 2. The molecule has 0 atom stereocenters. The molecule has 90 valence electrons. The SMILES string of the molecule is Brc1cscc1-c1cc(Nc2ccccc2)n[nH]1. The van der Waals surface area contributed by atoms with E-state index in [4.69, 9.17) is 0 Å². The predicted molar refractivity (Wildman–Crippen MR) is 79.3 cm³/mol. The third-order valence-corrected chi connectivity index (χ3v) is 4.23. The van der Waals surface area contributed by atoms with E-state index in [2.05, 4.69) is 42.2 Å². The summed E-state index contributed by atoms with van der Waals surface area (Å²) in [5.74, 6) is 0.814. The summed E-state index contributed by atoms with van der Waals surface area (Å²) in [4.78, 5) is 0. The maximum Gasteiger partial charge on any atom is 0.152 e. The topological polar surface area (TPSA) is 40.7 Å². The molecule has 2 N–H and O–H groups in total. The van der Waals surface area contributed by atoms with Crippen LogP contribution in [0.1, 0.15) is 0 Å². The molecule has 3 rings (SSSR count). The van der Waals surface area contributed by atoms with E-state index in [0.29, 0.717) is 0 Å². The van der Waals surface area contributed by atoms with Gasteiger partial charge in [0.15, 0.2) is 5.82 Å². The fourth-order valence-electron chi connectivity index (χ4n) is 1.67. The van der Waals surface area contributed by atoms with Crippen LogP contribution in [0.5, 0.6) is 0 Å². The third kappa shape index (κ3) is 2.32. The van der Waals surface area contributed by atoms with Crippen molar-refractivity contribution < 1.29 is 0 Å². The zero-order chi connectivity index (χ0) is 12.4. The van der Waals surface area contributed by atoms with Gasteiger partial charge in [0.1, 0.15) is 0 Å². The zero-order valence-electron chi connectivity index (χ0n) is 9.35. The Kier molecular flexibility index (Phi) is 3.17. The van der Waals surface area contributed by atoms with Crippen LogP contribution < -0.4 is 5.32 Å². The molecule has 18 heavy (non-hydrogen) atoms. The van der Waals surface area contributed by atoms with Gasteiger partial charge >= 0.3 is 0 Å². The molecular formula is C13H10BrN3S. The molecule has 0 fully saturated rings. The second-order valence-corrected chi connectivity index (χ2v) is 5.39. The van der Waals surface area contributed by atoms with Gasteiger partial charge in [-0.1, -0.05) is 18.2 Å². The van der Waals surface area contributed by atoms with Crippen LogP contribution in [0.25, 0.3) is 11.3 Å². The molecule has 0 saturated heterocycles. The van der Waals surface area contributed by atoms with Crippen LogP contribution in [0.4, 0.5) is 11.5 Å². The molecule has 0 aliphatic carbocycles. The number of aromatic amines is 1. The van der Waals surface area contributed by atoms with Crippen LogP contribution in [0.15, 0.2) is 51.6 Å². The smallest absolute Gasteiger partial charge is 0.152 e. The summed E-state index contributed by atoms with van der Waals surface area (Å²) in [6.45, 7) is 0. The van der Waals surface area contributed by atoms with Gasteiger partial charge in [-0.15, -0.1) is 0 Å². The number of thiophene rings is 1. The Morgan fingerprint density at radius 3 is 2.72 bits per heavy atom. The van der Waals surface area contributed by atoms with Crippen LogP contribution in [-0.2, 0) is 0 Å². The molecule has 0 radical (unpaired) electrons. The lowest BCUT2D eigenvalue weighted by Crippen LogP contribution is -1.88. The molecule has 2 aromatic heterocycles. The van der Waals surface area contributed by atoms with Crippen LogP contribution >= 0.6 is 27.3 Å². The molecule has 5 heteroatoms. The highest BCUT2D eigenvalue weighted by molar-refractivity contribution is 9.10. The highest BCUT2D eigenvalue weighted by atomic mass is 79.9. The minimum absolute atomic E-state index is 0.814. The Hall–Kier alpha value is -1.59. The van der Waals surface area contributed by atoms with E-state index in [1.54, 1.807) is 11.3 Å². The number of halogens is 1. The lowest BCUT2D eigenvalue weighted by molar-refractivity contribution is 1.10. The van der Waals surface area contributed by atoms with Crippen molar-refractivity contribution in [2.45, 2.75) is 0 Å². The van der Waals surface area contributed by atoms with E-state index < -0.39 is 0 Å². The van der Waals surface area contributed by atoms with Crippen molar-refractivity contribution in [1.82, 2.24) is 10.2 Å². The molecular weight excluding hydrogens is 310 g/mol. The molecule has 2 heterocycles. The zero-order valence-corrected chi connectivity index (χ0v) is 11.8. The van der Waals surface area contributed by atoms with Gasteiger partial charge in [-0.3, -0.25) is 5.10 Å². The molecule has 3 aromatic rings. The first-order valence-corrected chi connectivity index (χ1v) is 7.16. The van der Waals surface area contributed by atoms with E-state index >= 15 is 0 Å². The standard InChI is InChI=1S/C13H10BrN3S/c14-11-8-18-7-10(11)12-6-13(17-16-12)15-9-4-2-1-3-5-9/h1-8H,(H2,15,16,17). The number of hydrogen-bond acceptors (Lipinski definition) is 3. The first-order valence-electron chi connectivity index (χ1n) is 5.42. The number of rotatable bonds is 3. The predicted octanol–water partition coefficient (Wildman–Crippen LogP) is 4.64. The van der Waals surface area contributed by atoms with Crippen LogP contribution in [0, 0.1) is 0 Å². The quantitative estimate of drug-likeness (QED) is 0.738. The second kappa shape index (κ2) is 4.96. The fourth-order valence-corrected chi connectivity index (χ4v) is 3.17. The third-order valence-electron chi connectivity index (χ3n) is 2.53. The largest absolute Gasteiger partial charge is 0.339 e. The van der Waals surface area contributed by atoms with Gasteiger partial charge in [0, 0.05) is 32.6 Å². The van der Waals surface area contributed by atoms with Gasteiger partial charge in [-0.05, 0) is 28.1 Å². The Balaban J connectivity index is 1.84. The molecule has 0 aliphatic heterocycles. The summed E-state index contributed by atoms with van der Waals surface area (Å²) >= 11 is 5.18. The number of nitrogens with one attached hydrogen (secondary N) is 2. The summed E-state index contributed by atoms with van der Waals surface area (Å²) in [6, 6.07) is 12.0. The fraction of sp³-hybridized carbons (Fsp3) is 0. The lowest BCUT2D eigenvalue weighted by Gasteiger charge is -2.00. The van der Waals surface area contributed by atoms with Crippen molar-refractivity contribution in [3.05, 3.63) is 51.6 Å². The molecule has 0 saturated carbocycles. The summed E-state index contributed by atoms with van der Waals surface area (Å²) in [5, 5.41) is 14.7. The molecule has 0 aliphatic rings. The summed E-state index contributed by atoms with van der Waals surface area (Å²) in [7, 11) is 0. The maximum absolute atomic E-state index is 4.26. The van der Waals surface area contributed by atoms with Crippen molar-refractivity contribution in [1.29, 1.82) is 0 Å². The molecule has 3 nitrogen and oxygen atoms in total. The Labute approximate surface area is 117 Å². The van der Waals surface area contributed by atoms with Gasteiger partial charge < -0.3 is 5.32 Å². The molecule has 0 spiro atoms. The van der Waals surface area contributed by atoms with E-state index in [1.807, 2.05) is 36.4 Å². The molecule has 1 aromatic carbocycles. The minimum atomic E-state index is 0.814. The molecule has 0 amide bonds. The van der Waals surface area contributed by atoms with Crippen molar-refractivity contribution >= 4 is 38.8 Å². The first-order chi connectivity index (χ1) is 8.83. The van der Waals surface area contributed by atoms with Gasteiger partial charge in [0.2, 0.25) is 0 Å². The Morgan fingerprint density at radius 2 is 2.00 bits per heavy atom. The average molecular weight is 320 g/mol. The monoisotopic (exact) mass is 319 g/mol. The van der Waals surface area contributed by atoms with Gasteiger partial charge in [-0.2, -0.15) is 16.4 Å². The maximum atomic E-state index is 4.26. The van der Waals surface area contributed by atoms with Crippen molar-refractivity contribution in [3.63, 3.8) is 0 Å². The number of para-hydroxylation sites is 1. The van der Waals surface area contributed by atoms with Gasteiger partial charge in [0.25, 0.3) is 0 Å². The summed E-state index contributed by atoms with van der Waals surface area (Å²) in [5.41, 5.74) is 3.16. The number of benzene rings is 1. The Bertz CT molecular complexity index is 645. The van der Waals surface area contributed by atoms with Crippen molar-refractivity contribution in [3.8, 4) is 11.3 Å². The van der Waals surface area contributed by atoms with E-state index in [-0.39, 0.29) is 0 Å². The number of hydrogen-bond donors (Lipinski definition) is 2. The van der Waals surface area contributed by atoms with Crippen LogP contribution in [0.3, 0.4) is 0 Å². The molecule has 0 unspecified atom stereocenters.